The predicted octanol–water partition coefficient (Wildman–Crippen LogP) is 2.37. The van der Waals surface area contributed by atoms with Gasteiger partial charge in [-0.05, 0) is 52.2 Å². The van der Waals surface area contributed by atoms with Crippen LogP contribution in [-0.2, 0) is 19.1 Å². The second-order valence-electron chi connectivity index (χ2n) is 8.03. The van der Waals surface area contributed by atoms with E-state index in [0.29, 0.717) is 17.7 Å². The predicted molar refractivity (Wildman–Crippen MR) is 110 cm³/mol. The van der Waals surface area contributed by atoms with Gasteiger partial charge in [0.2, 0.25) is 0 Å². The van der Waals surface area contributed by atoms with Crippen molar-refractivity contribution in [2.24, 2.45) is 0 Å². The van der Waals surface area contributed by atoms with Crippen LogP contribution in [-0.4, -0.2) is 48.7 Å². The standard InChI is InChI=1S/C21H29N3O6/c1-21(2,3)30-20(28)22-12-6-9-18(26)29-13-17(25)24-16-8-5-4-7-15(16)19(27)23-14-10-11-14/h4-5,7-8,14H,6,9-13H2,1-3H3,(H,22,28)(H,23,27)(H,24,25). The van der Waals surface area contributed by atoms with Gasteiger partial charge >= 0.3 is 12.1 Å². The first-order valence-corrected chi connectivity index (χ1v) is 9.96. The molecule has 3 amide bonds. The number of hydrogen-bond donors (Lipinski definition) is 3. The maximum Gasteiger partial charge on any atom is 0.407 e. The molecule has 9 heteroatoms. The Labute approximate surface area is 175 Å². The highest BCUT2D eigenvalue weighted by atomic mass is 16.6. The van der Waals surface area contributed by atoms with E-state index in [-0.39, 0.29) is 24.9 Å². The summed E-state index contributed by atoms with van der Waals surface area (Å²) in [7, 11) is 0. The van der Waals surface area contributed by atoms with Gasteiger partial charge in [0.05, 0.1) is 11.3 Å². The number of anilines is 1. The number of benzene rings is 1. The van der Waals surface area contributed by atoms with Crippen LogP contribution in [0.3, 0.4) is 0 Å². The molecule has 0 atom stereocenters. The van der Waals surface area contributed by atoms with Crippen molar-refractivity contribution in [1.82, 2.24) is 10.6 Å². The van der Waals surface area contributed by atoms with E-state index in [4.69, 9.17) is 9.47 Å². The van der Waals surface area contributed by atoms with Crippen LogP contribution in [0.5, 0.6) is 0 Å². The fourth-order valence-corrected chi connectivity index (χ4v) is 2.42. The fraction of sp³-hybridized carbons (Fsp3) is 0.524. The van der Waals surface area contributed by atoms with E-state index in [2.05, 4.69) is 16.0 Å². The molecule has 0 aliphatic heterocycles. The van der Waals surface area contributed by atoms with Gasteiger partial charge in [-0.2, -0.15) is 0 Å². The van der Waals surface area contributed by atoms with Gasteiger partial charge in [0.15, 0.2) is 6.61 Å². The van der Waals surface area contributed by atoms with Crippen molar-refractivity contribution in [1.29, 1.82) is 0 Å². The molecule has 1 saturated carbocycles. The quantitative estimate of drug-likeness (QED) is 0.417. The van der Waals surface area contributed by atoms with Gasteiger partial charge in [-0.15, -0.1) is 0 Å². The molecule has 1 fully saturated rings. The molecule has 30 heavy (non-hydrogen) atoms. The molecule has 2 rings (SSSR count). The maximum atomic E-state index is 12.2. The normalized spacial score (nSPS) is 13.2. The lowest BCUT2D eigenvalue weighted by Crippen LogP contribution is -2.33. The Morgan fingerprint density at radius 2 is 1.80 bits per heavy atom. The number of nitrogens with one attached hydrogen (secondary N) is 3. The Hall–Kier alpha value is -3.10. The van der Waals surface area contributed by atoms with Gasteiger partial charge in [0.1, 0.15) is 5.60 Å². The first-order chi connectivity index (χ1) is 14.1. The SMILES string of the molecule is CC(C)(C)OC(=O)NCCCC(=O)OCC(=O)Nc1ccccc1C(=O)NC1CC1. The summed E-state index contributed by atoms with van der Waals surface area (Å²) in [5.74, 6) is -1.35. The number of ether oxygens (including phenoxy) is 2. The monoisotopic (exact) mass is 419 g/mol. The second kappa shape index (κ2) is 10.6. The number of alkyl carbamates (subject to hydrolysis) is 1. The van der Waals surface area contributed by atoms with Gasteiger partial charge < -0.3 is 25.4 Å². The number of carbonyl (C=O) groups is 4. The number of esters is 1. The van der Waals surface area contributed by atoms with Crippen molar-refractivity contribution in [2.75, 3.05) is 18.5 Å². The smallest absolute Gasteiger partial charge is 0.407 e. The summed E-state index contributed by atoms with van der Waals surface area (Å²) < 4.78 is 10.0. The number of rotatable bonds is 9. The molecule has 0 aromatic heterocycles. The summed E-state index contributed by atoms with van der Waals surface area (Å²) in [6.45, 7) is 5.06. The Bertz CT molecular complexity index is 783. The van der Waals surface area contributed by atoms with Crippen molar-refractivity contribution in [2.45, 2.75) is 58.1 Å². The average Bonchev–Trinajstić information content (AvgIpc) is 3.46. The molecular weight excluding hydrogens is 390 g/mol. The van der Waals surface area contributed by atoms with Gasteiger partial charge in [-0.3, -0.25) is 14.4 Å². The topological polar surface area (TPSA) is 123 Å². The molecule has 1 aliphatic carbocycles. The zero-order valence-electron chi connectivity index (χ0n) is 17.6. The molecule has 3 N–H and O–H groups in total. The lowest BCUT2D eigenvalue weighted by molar-refractivity contribution is -0.147. The van der Waals surface area contributed by atoms with E-state index in [1.807, 2.05) is 0 Å². The second-order valence-corrected chi connectivity index (χ2v) is 8.03. The Balaban J connectivity index is 1.68. The molecular formula is C21H29N3O6. The highest BCUT2D eigenvalue weighted by Gasteiger charge is 2.25. The molecule has 9 nitrogen and oxygen atoms in total. The molecule has 0 heterocycles. The van der Waals surface area contributed by atoms with E-state index < -0.39 is 30.2 Å². The summed E-state index contributed by atoms with van der Waals surface area (Å²) >= 11 is 0. The minimum absolute atomic E-state index is 0.0451. The van der Waals surface area contributed by atoms with E-state index in [1.165, 1.54) is 0 Å². The summed E-state index contributed by atoms with van der Waals surface area (Å²) in [5.41, 5.74) is 0.128. The third-order valence-electron chi connectivity index (χ3n) is 3.95. The summed E-state index contributed by atoms with van der Waals surface area (Å²) in [6.07, 6.45) is 1.76. The van der Waals surface area contributed by atoms with Gasteiger partial charge in [-0.25, -0.2) is 4.79 Å². The number of hydrogen-bond acceptors (Lipinski definition) is 6. The molecule has 1 aliphatic rings. The highest BCUT2D eigenvalue weighted by Crippen LogP contribution is 2.21. The lowest BCUT2D eigenvalue weighted by Gasteiger charge is -2.19. The van der Waals surface area contributed by atoms with E-state index in [9.17, 15) is 19.2 Å². The first-order valence-electron chi connectivity index (χ1n) is 9.96. The fourth-order valence-electron chi connectivity index (χ4n) is 2.42. The average molecular weight is 419 g/mol. The first kappa shape index (κ1) is 23.2. The number of carbonyl (C=O) groups excluding carboxylic acids is 4. The summed E-state index contributed by atoms with van der Waals surface area (Å²) in [5, 5.41) is 8.00. The van der Waals surface area contributed by atoms with Crippen LogP contribution in [0.4, 0.5) is 10.5 Å². The van der Waals surface area contributed by atoms with Crippen molar-refractivity contribution < 1.29 is 28.7 Å². The molecule has 1 aromatic carbocycles. The van der Waals surface area contributed by atoms with Crippen LogP contribution in [0.1, 0.15) is 56.8 Å². The molecule has 0 unspecified atom stereocenters. The van der Waals surface area contributed by atoms with E-state index in [0.717, 1.165) is 12.8 Å². The Morgan fingerprint density at radius 1 is 1.10 bits per heavy atom. The van der Waals surface area contributed by atoms with Crippen molar-refractivity contribution >= 4 is 29.6 Å². The molecule has 0 spiro atoms. The maximum absolute atomic E-state index is 12.2. The molecule has 164 valence electrons. The minimum Gasteiger partial charge on any atom is -0.456 e. The van der Waals surface area contributed by atoms with Crippen LogP contribution >= 0.6 is 0 Å². The van der Waals surface area contributed by atoms with Crippen LogP contribution in [0.2, 0.25) is 0 Å². The zero-order valence-corrected chi connectivity index (χ0v) is 17.6. The molecule has 0 bridgehead atoms. The third-order valence-corrected chi connectivity index (χ3v) is 3.95. The van der Waals surface area contributed by atoms with Crippen LogP contribution in [0.25, 0.3) is 0 Å². The van der Waals surface area contributed by atoms with Crippen LogP contribution in [0, 0.1) is 0 Å². The lowest BCUT2D eigenvalue weighted by atomic mass is 10.1. The van der Waals surface area contributed by atoms with Gasteiger partial charge in [0, 0.05) is 19.0 Å². The van der Waals surface area contributed by atoms with Crippen molar-refractivity contribution in [3.8, 4) is 0 Å². The Morgan fingerprint density at radius 3 is 2.47 bits per heavy atom. The summed E-state index contributed by atoms with van der Waals surface area (Å²) in [4.78, 5) is 47.6. The van der Waals surface area contributed by atoms with E-state index in [1.54, 1.807) is 45.0 Å². The summed E-state index contributed by atoms with van der Waals surface area (Å²) in [6, 6.07) is 6.85. The third kappa shape index (κ3) is 8.93. The van der Waals surface area contributed by atoms with Crippen molar-refractivity contribution in [3.05, 3.63) is 29.8 Å². The van der Waals surface area contributed by atoms with Gasteiger partial charge in [-0.1, -0.05) is 12.1 Å². The molecule has 0 radical (unpaired) electrons. The van der Waals surface area contributed by atoms with Crippen molar-refractivity contribution in [3.63, 3.8) is 0 Å². The molecule has 1 aromatic rings. The highest BCUT2D eigenvalue weighted by molar-refractivity contribution is 6.04. The van der Waals surface area contributed by atoms with E-state index >= 15 is 0 Å². The van der Waals surface area contributed by atoms with Crippen LogP contribution < -0.4 is 16.0 Å². The number of para-hydroxylation sites is 1. The zero-order chi connectivity index (χ0) is 22.1. The van der Waals surface area contributed by atoms with Crippen LogP contribution in [0.15, 0.2) is 24.3 Å². The largest absolute Gasteiger partial charge is 0.456 e. The van der Waals surface area contributed by atoms with Gasteiger partial charge in [0.25, 0.3) is 11.8 Å². The Kier molecular flexibility index (Phi) is 8.20. The number of amides is 3. The molecule has 0 saturated heterocycles. The minimum atomic E-state index is -0.590.